The van der Waals surface area contributed by atoms with Crippen LogP contribution >= 0.6 is 0 Å². The van der Waals surface area contributed by atoms with Crippen LogP contribution in [-0.2, 0) is 4.79 Å². The molecule has 2 aromatic carbocycles. The standard InChI is InChI=1S/C20H18N4O3/c25-19(12-9-14-7-10-15(11-8-14)24(26)27)23-13-3-6-18(23)20-21-16-4-1-2-5-17(16)22-20/h1-2,4-5,7-12,18H,3,6,13H2,(H,21,22)/b12-9+. The predicted octanol–water partition coefficient (Wildman–Crippen LogP) is 3.85. The number of nitro benzene ring substituents is 1. The first kappa shape index (κ1) is 17.0. The van der Waals surface area contributed by atoms with Crippen molar-refractivity contribution in [3.63, 3.8) is 0 Å². The Morgan fingerprint density at radius 3 is 2.74 bits per heavy atom. The minimum Gasteiger partial charge on any atom is -0.340 e. The van der Waals surface area contributed by atoms with Gasteiger partial charge in [-0.05, 0) is 48.7 Å². The van der Waals surface area contributed by atoms with E-state index in [1.165, 1.54) is 18.2 Å². The molecule has 1 unspecified atom stereocenters. The molecular formula is C20H18N4O3. The van der Waals surface area contributed by atoms with Gasteiger partial charge in [0.15, 0.2) is 0 Å². The number of nitrogens with one attached hydrogen (secondary N) is 1. The van der Waals surface area contributed by atoms with Gasteiger partial charge in [0.25, 0.3) is 5.69 Å². The minimum atomic E-state index is -0.444. The van der Waals surface area contributed by atoms with Crippen molar-refractivity contribution in [2.24, 2.45) is 0 Å². The Morgan fingerprint density at radius 2 is 2.00 bits per heavy atom. The number of nitrogens with zero attached hydrogens (tertiary/aromatic N) is 3. The van der Waals surface area contributed by atoms with Gasteiger partial charge in [0.05, 0.1) is 22.0 Å². The zero-order chi connectivity index (χ0) is 18.8. The number of likely N-dealkylation sites (tertiary alicyclic amines) is 1. The molecule has 1 aliphatic rings. The molecule has 0 spiro atoms. The summed E-state index contributed by atoms with van der Waals surface area (Å²) in [6, 6.07) is 13.9. The van der Waals surface area contributed by atoms with Crippen LogP contribution in [0.3, 0.4) is 0 Å². The Labute approximate surface area is 155 Å². The lowest BCUT2D eigenvalue weighted by Gasteiger charge is -2.21. The number of imidazole rings is 1. The molecule has 1 aliphatic heterocycles. The molecule has 1 aromatic heterocycles. The van der Waals surface area contributed by atoms with Crippen LogP contribution in [0.4, 0.5) is 5.69 Å². The van der Waals surface area contributed by atoms with E-state index in [0.29, 0.717) is 6.54 Å². The fourth-order valence-electron chi connectivity index (χ4n) is 3.42. The van der Waals surface area contributed by atoms with Crippen LogP contribution in [-0.4, -0.2) is 32.2 Å². The average Bonchev–Trinajstić information content (AvgIpc) is 3.32. The van der Waals surface area contributed by atoms with E-state index in [1.807, 2.05) is 29.2 Å². The zero-order valence-electron chi connectivity index (χ0n) is 14.5. The van der Waals surface area contributed by atoms with Crippen molar-refractivity contribution >= 4 is 28.7 Å². The number of amides is 1. The third-order valence-electron chi connectivity index (χ3n) is 4.78. The Kier molecular flexibility index (Phi) is 4.42. The van der Waals surface area contributed by atoms with Crippen LogP contribution in [0.15, 0.2) is 54.6 Å². The number of benzene rings is 2. The van der Waals surface area contributed by atoms with Gasteiger partial charge < -0.3 is 9.88 Å². The predicted molar refractivity (Wildman–Crippen MR) is 102 cm³/mol. The molecule has 1 N–H and O–H groups in total. The van der Waals surface area contributed by atoms with Crippen LogP contribution < -0.4 is 0 Å². The number of nitro groups is 1. The Morgan fingerprint density at radius 1 is 1.22 bits per heavy atom. The average molecular weight is 362 g/mol. The third kappa shape index (κ3) is 3.44. The molecule has 0 aliphatic carbocycles. The number of carbonyl (C=O) groups excluding carboxylic acids is 1. The number of aromatic nitrogens is 2. The summed E-state index contributed by atoms with van der Waals surface area (Å²) in [6.07, 6.45) is 5.00. The number of para-hydroxylation sites is 2. The summed E-state index contributed by atoms with van der Waals surface area (Å²) in [7, 11) is 0. The van der Waals surface area contributed by atoms with Crippen LogP contribution in [0, 0.1) is 10.1 Å². The topological polar surface area (TPSA) is 92.1 Å². The monoisotopic (exact) mass is 362 g/mol. The maximum absolute atomic E-state index is 12.7. The molecule has 1 atom stereocenters. The number of hydrogen-bond donors (Lipinski definition) is 1. The van der Waals surface area contributed by atoms with Gasteiger partial charge in [-0.15, -0.1) is 0 Å². The number of H-pyrrole nitrogens is 1. The van der Waals surface area contributed by atoms with Crippen molar-refractivity contribution in [1.29, 1.82) is 0 Å². The first-order valence-electron chi connectivity index (χ1n) is 8.79. The van der Waals surface area contributed by atoms with Gasteiger partial charge in [-0.3, -0.25) is 14.9 Å². The van der Waals surface area contributed by atoms with E-state index in [1.54, 1.807) is 18.2 Å². The second-order valence-electron chi connectivity index (χ2n) is 6.51. The van der Waals surface area contributed by atoms with E-state index >= 15 is 0 Å². The quantitative estimate of drug-likeness (QED) is 0.433. The highest BCUT2D eigenvalue weighted by Crippen LogP contribution is 2.31. The normalized spacial score (nSPS) is 17.0. The lowest BCUT2D eigenvalue weighted by molar-refractivity contribution is -0.384. The molecule has 4 rings (SSSR count). The number of non-ortho nitro benzene ring substituents is 1. The number of rotatable bonds is 4. The van der Waals surface area contributed by atoms with Crippen molar-refractivity contribution in [3.8, 4) is 0 Å². The summed E-state index contributed by atoms with van der Waals surface area (Å²) >= 11 is 0. The van der Waals surface area contributed by atoms with E-state index < -0.39 is 4.92 Å². The molecule has 7 nitrogen and oxygen atoms in total. The number of aromatic amines is 1. The van der Waals surface area contributed by atoms with Crippen molar-refractivity contribution < 1.29 is 9.72 Å². The van der Waals surface area contributed by atoms with Crippen molar-refractivity contribution in [1.82, 2.24) is 14.9 Å². The molecule has 0 radical (unpaired) electrons. The van der Waals surface area contributed by atoms with Gasteiger partial charge in [0, 0.05) is 24.8 Å². The molecule has 7 heteroatoms. The Bertz CT molecular complexity index is 990. The number of carbonyl (C=O) groups is 1. The van der Waals surface area contributed by atoms with E-state index in [0.717, 1.165) is 35.3 Å². The smallest absolute Gasteiger partial charge is 0.269 e. The maximum Gasteiger partial charge on any atom is 0.269 e. The molecule has 0 saturated carbocycles. The maximum atomic E-state index is 12.7. The molecule has 1 fully saturated rings. The van der Waals surface area contributed by atoms with E-state index in [9.17, 15) is 14.9 Å². The Hall–Kier alpha value is -3.48. The molecule has 1 saturated heterocycles. The molecule has 2 heterocycles. The SMILES string of the molecule is O=C(/C=C/c1ccc([N+](=O)[O-])cc1)N1CCCC1c1nc2ccccc2[nH]1. The van der Waals surface area contributed by atoms with Crippen molar-refractivity contribution in [2.45, 2.75) is 18.9 Å². The van der Waals surface area contributed by atoms with Crippen LogP contribution in [0.5, 0.6) is 0 Å². The zero-order valence-corrected chi connectivity index (χ0v) is 14.5. The summed E-state index contributed by atoms with van der Waals surface area (Å²) in [5, 5.41) is 10.7. The Balaban J connectivity index is 1.51. The summed E-state index contributed by atoms with van der Waals surface area (Å²) in [5.74, 6) is 0.724. The van der Waals surface area contributed by atoms with E-state index in [2.05, 4.69) is 9.97 Å². The van der Waals surface area contributed by atoms with Crippen LogP contribution in [0.2, 0.25) is 0 Å². The highest BCUT2D eigenvalue weighted by Gasteiger charge is 2.31. The van der Waals surface area contributed by atoms with Gasteiger partial charge in [0.1, 0.15) is 5.82 Å². The molecule has 0 bridgehead atoms. The summed E-state index contributed by atoms with van der Waals surface area (Å²) in [4.78, 5) is 32.7. The molecule has 27 heavy (non-hydrogen) atoms. The van der Waals surface area contributed by atoms with Crippen molar-refractivity contribution in [3.05, 3.63) is 76.1 Å². The second-order valence-corrected chi connectivity index (χ2v) is 6.51. The van der Waals surface area contributed by atoms with E-state index in [4.69, 9.17) is 0 Å². The van der Waals surface area contributed by atoms with Crippen LogP contribution in [0.25, 0.3) is 17.1 Å². The van der Waals surface area contributed by atoms with Crippen LogP contribution in [0.1, 0.15) is 30.3 Å². The lowest BCUT2D eigenvalue weighted by atomic mass is 10.2. The van der Waals surface area contributed by atoms with Gasteiger partial charge in [-0.1, -0.05) is 12.1 Å². The van der Waals surface area contributed by atoms with Gasteiger partial charge in [-0.25, -0.2) is 4.98 Å². The first-order chi connectivity index (χ1) is 13.1. The summed E-state index contributed by atoms with van der Waals surface area (Å²) in [5.41, 5.74) is 2.64. The third-order valence-corrected chi connectivity index (χ3v) is 4.78. The molecular weight excluding hydrogens is 344 g/mol. The van der Waals surface area contributed by atoms with Crippen molar-refractivity contribution in [2.75, 3.05) is 6.54 Å². The highest BCUT2D eigenvalue weighted by atomic mass is 16.6. The fraction of sp³-hybridized carbons (Fsp3) is 0.200. The number of hydrogen-bond acceptors (Lipinski definition) is 4. The fourth-order valence-corrected chi connectivity index (χ4v) is 3.42. The molecule has 136 valence electrons. The summed E-state index contributed by atoms with van der Waals surface area (Å²) in [6.45, 7) is 0.686. The minimum absolute atomic E-state index is 0.0305. The van der Waals surface area contributed by atoms with Gasteiger partial charge >= 0.3 is 0 Å². The largest absolute Gasteiger partial charge is 0.340 e. The first-order valence-corrected chi connectivity index (χ1v) is 8.79. The van der Waals surface area contributed by atoms with E-state index in [-0.39, 0.29) is 17.6 Å². The highest BCUT2D eigenvalue weighted by molar-refractivity contribution is 5.92. The second kappa shape index (κ2) is 7.03. The molecule has 3 aromatic rings. The molecule has 1 amide bonds. The van der Waals surface area contributed by atoms with Gasteiger partial charge in [-0.2, -0.15) is 0 Å². The lowest BCUT2D eigenvalue weighted by Crippen LogP contribution is -2.29. The van der Waals surface area contributed by atoms with Gasteiger partial charge in [0.2, 0.25) is 5.91 Å². The summed E-state index contributed by atoms with van der Waals surface area (Å²) < 4.78 is 0. The number of fused-ring (bicyclic) bond motifs is 1.